The van der Waals surface area contributed by atoms with Crippen LogP contribution in [0.2, 0.25) is 0 Å². The molecule has 0 saturated heterocycles. The Balaban J connectivity index is 1.51. The van der Waals surface area contributed by atoms with E-state index in [1.807, 2.05) is 0 Å². The van der Waals surface area contributed by atoms with E-state index < -0.39 is 17.5 Å². The highest BCUT2D eigenvalue weighted by molar-refractivity contribution is 5.92. The normalized spacial score (nSPS) is 14.1. The first-order valence-electron chi connectivity index (χ1n) is 10.4. The number of methoxy groups -OCH3 is 1. The monoisotopic (exact) mass is 467 g/mol. The summed E-state index contributed by atoms with van der Waals surface area (Å²) in [6.07, 6.45) is -0.182. The Morgan fingerprint density at radius 1 is 1.06 bits per heavy atom. The van der Waals surface area contributed by atoms with Gasteiger partial charge >= 0.3 is 5.63 Å². The van der Waals surface area contributed by atoms with Crippen molar-refractivity contribution >= 4 is 11.6 Å². The molecule has 2 aliphatic heterocycles. The summed E-state index contributed by atoms with van der Waals surface area (Å²) in [5.74, 6) is 1.03. The van der Waals surface area contributed by atoms with Crippen LogP contribution in [0.5, 0.6) is 34.5 Å². The maximum absolute atomic E-state index is 13.1. The molecule has 34 heavy (non-hydrogen) atoms. The van der Waals surface area contributed by atoms with Crippen molar-refractivity contribution in [3.63, 3.8) is 0 Å². The van der Waals surface area contributed by atoms with E-state index in [1.54, 1.807) is 37.3 Å². The molecule has 3 aromatic rings. The van der Waals surface area contributed by atoms with Gasteiger partial charge in [0.2, 0.25) is 25.2 Å². The second kappa shape index (κ2) is 8.54. The summed E-state index contributed by atoms with van der Waals surface area (Å²) in [4.78, 5) is 25.8. The van der Waals surface area contributed by atoms with Crippen molar-refractivity contribution in [3.8, 4) is 34.5 Å². The van der Waals surface area contributed by atoms with Crippen LogP contribution >= 0.6 is 0 Å². The lowest BCUT2D eigenvalue weighted by Gasteiger charge is -2.19. The van der Waals surface area contributed by atoms with Gasteiger partial charge in [0.15, 0.2) is 23.0 Å². The summed E-state index contributed by atoms with van der Waals surface area (Å²) in [6, 6.07) is 9.66. The van der Waals surface area contributed by atoms with Crippen LogP contribution in [-0.2, 0) is 4.79 Å². The van der Waals surface area contributed by atoms with Crippen LogP contribution in [0.15, 0.2) is 45.6 Å². The smallest absolute Gasteiger partial charge is 0.343 e. The quantitative estimate of drug-likeness (QED) is 0.562. The fourth-order valence-corrected chi connectivity index (χ4v) is 4.04. The van der Waals surface area contributed by atoms with Gasteiger partial charge in [-0.15, -0.1) is 0 Å². The van der Waals surface area contributed by atoms with Crippen LogP contribution in [0, 0.1) is 6.92 Å². The summed E-state index contributed by atoms with van der Waals surface area (Å²) in [5.41, 5.74) is 0.215. The number of carbonyl (C=O) groups is 1. The van der Waals surface area contributed by atoms with E-state index >= 15 is 0 Å². The Kier molecular flexibility index (Phi) is 5.40. The SMILES string of the molecule is COc1cc([C@H](CC(=O)Nc2ccc3c(c2)OCO3)c2c(O)cc(C)oc2=O)cc2c1OCO2. The highest BCUT2D eigenvalue weighted by Gasteiger charge is 2.30. The molecule has 1 aromatic heterocycles. The van der Waals surface area contributed by atoms with E-state index in [-0.39, 0.29) is 37.1 Å². The van der Waals surface area contributed by atoms with E-state index in [0.717, 1.165) is 0 Å². The van der Waals surface area contributed by atoms with Gasteiger partial charge in [0.25, 0.3) is 0 Å². The maximum atomic E-state index is 13.1. The third kappa shape index (κ3) is 3.94. The molecule has 0 unspecified atom stereocenters. The molecule has 0 bridgehead atoms. The molecule has 2 N–H and O–H groups in total. The number of nitrogens with one attached hydrogen (secondary N) is 1. The zero-order valence-electron chi connectivity index (χ0n) is 18.4. The van der Waals surface area contributed by atoms with Gasteiger partial charge < -0.3 is 38.5 Å². The molecule has 0 spiro atoms. The summed E-state index contributed by atoms with van der Waals surface area (Å²) < 4.78 is 32.2. The lowest BCUT2D eigenvalue weighted by atomic mass is 9.88. The minimum atomic E-state index is -0.866. The van der Waals surface area contributed by atoms with Crippen LogP contribution in [0.25, 0.3) is 0 Å². The van der Waals surface area contributed by atoms with Crippen molar-refractivity contribution in [2.24, 2.45) is 0 Å². The van der Waals surface area contributed by atoms with Gasteiger partial charge in [0.1, 0.15) is 11.5 Å². The van der Waals surface area contributed by atoms with E-state index in [2.05, 4.69) is 5.32 Å². The third-order valence-electron chi connectivity index (χ3n) is 5.57. The van der Waals surface area contributed by atoms with E-state index in [9.17, 15) is 14.7 Å². The maximum Gasteiger partial charge on any atom is 0.343 e. The zero-order chi connectivity index (χ0) is 23.8. The second-order valence-electron chi connectivity index (χ2n) is 7.77. The molecule has 2 aliphatic rings. The van der Waals surface area contributed by atoms with Crippen molar-refractivity contribution in [3.05, 3.63) is 63.7 Å². The van der Waals surface area contributed by atoms with Gasteiger partial charge in [-0.3, -0.25) is 4.79 Å². The lowest BCUT2D eigenvalue weighted by molar-refractivity contribution is -0.116. The number of hydrogen-bond acceptors (Lipinski definition) is 9. The van der Waals surface area contributed by atoms with Crippen molar-refractivity contribution in [1.29, 1.82) is 0 Å². The fraction of sp³-hybridized carbons (Fsp3) is 0.250. The van der Waals surface area contributed by atoms with Crippen LogP contribution < -0.4 is 34.6 Å². The molecule has 0 radical (unpaired) electrons. The predicted molar refractivity (Wildman–Crippen MR) is 118 cm³/mol. The van der Waals surface area contributed by atoms with Crippen LogP contribution in [0.1, 0.15) is 29.2 Å². The zero-order valence-corrected chi connectivity index (χ0v) is 18.4. The van der Waals surface area contributed by atoms with Crippen molar-refractivity contribution < 1.29 is 38.0 Å². The van der Waals surface area contributed by atoms with Crippen molar-refractivity contribution in [2.75, 3.05) is 26.0 Å². The topological polar surface area (TPSA) is 126 Å². The number of rotatable bonds is 6. The Morgan fingerprint density at radius 2 is 1.82 bits per heavy atom. The predicted octanol–water partition coefficient (Wildman–Crippen LogP) is 3.28. The molecule has 0 aliphatic carbocycles. The summed E-state index contributed by atoms with van der Waals surface area (Å²) >= 11 is 0. The highest BCUT2D eigenvalue weighted by Crippen LogP contribution is 2.45. The summed E-state index contributed by atoms with van der Waals surface area (Å²) in [5, 5.41) is 13.4. The van der Waals surface area contributed by atoms with Crippen molar-refractivity contribution in [2.45, 2.75) is 19.3 Å². The average Bonchev–Trinajstić information content (AvgIpc) is 3.46. The molecule has 10 nitrogen and oxygen atoms in total. The van der Waals surface area contributed by atoms with Gasteiger partial charge in [-0.05, 0) is 36.8 Å². The molecule has 176 valence electrons. The van der Waals surface area contributed by atoms with Gasteiger partial charge in [-0.2, -0.15) is 0 Å². The Bertz CT molecular complexity index is 1330. The molecule has 10 heteroatoms. The van der Waals surface area contributed by atoms with E-state index in [1.165, 1.54) is 13.2 Å². The van der Waals surface area contributed by atoms with Gasteiger partial charge in [-0.25, -0.2) is 4.79 Å². The molecule has 1 atom stereocenters. The van der Waals surface area contributed by atoms with E-state index in [0.29, 0.717) is 40.0 Å². The Morgan fingerprint density at radius 3 is 2.62 bits per heavy atom. The third-order valence-corrected chi connectivity index (χ3v) is 5.57. The number of aromatic hydroxyl groups is 1. The second-order valence-corrected chi connectivity index (χ2v) is 7.77. The van der Waals surface area contributed by atoms with Crippen LogP contribution in [0.3, 0.4) is 0 Å². The number of hydrogen-bond donors (Lipinski definition) is 2. The number of anilines is 1. The Hall–Kier alpha value is -4.34. The van der Waals surface area contributed by atoms with E-state index in [4.69, 9.17) is 28.1 Å². The molecule has 1 amide bonds. The first-order chi connectivity index (χ1) is 16.4. The highest BCUT2D eigenvalue weighted by atomic mass is 16.7. The standard InChI is InChI=1S/C24H21NO9/c1-12-5-16(26)22(24(28)34-12)15(13-6-19(29-2)23-20(7-13)32-11-33-23)9-21(27)25-14-3-4-17-18(8-14)31-10-30-17/h3-8,15,26H,9-11H2,1-2H3,(H,25,27)/t15-/m0/s1. The molecular weight excluding hydrogens is 446 g/mol. The number of benzene rings is 2. The number of amides is 1. The molecule has 0 saturated carbocycles. The van der Waals surface area contributed by atoms with Gasteiger partial charge in [-0.1, -0.05) is 0 Å². The van der Waals surface area contributed by atoms with Gasteiger partial charge in [0, 0.05) is 30.2 Å². The first kappa shape index (κ1) is 21.5. The van der Waals surface area contributed by atoms with Crippen LogP contribution in [0.4, 0.5) is 5.69 Å². The van der Waals surface area contributed by atoms with Crippen molar-refractivity contribution in [1.82, 2.24) is 0 Å². The molecule has 5 rings (SSSR count). The molecule has 0 fully saturated rings. The summed E-state index contributed by atoms with van der Waals surface area (Å²) in [6.45, 7) is 1.68. The minimum Gasteiger partial charge on any atom is -0.507 e. The minimum absolute atomic E-state index is 0.0162. The number of aryl methyl sites for hydroxylation is 1. The lowest BCUT2D eigenvalue weighted by Crippen LogP contribution is -2.21. The summed E-state index contributed by atoms with van der Waals surface area (Å²) in [7, 11) is 1.47. The Labute approximate surface area is 193 Å². The molecular formula is C24H21NO9. The average molecular weight is 467 g/mol. The number of fused-ring (bicyclic) bond motifs is 2. The fourth-order valence-electron chi connectivity index (χ4n) is 4.04. The van der Waals surface area contributed by atoms with Crippen LogP contribution in [-0.4, -0.2) is 31.7 Å². The largest absolute Gasteiger partial charge is 0.507 e. The first-order valence-corrected chi connectivity index (χ1v) is 10.4. The number of carbonyl (C=O) groups excluding carboxylic acids is 1. The number of ether oxygens (including phenoxy) is 5. The molecule has 2 aromatic carbocycles. The van der Waals surface area contributed by atoms with Gasteiger partial charge in [0.05, 0.1) is 12.7 Å². The molecule has 3 heterocycles.